The first-order valence-electron chi connectivity index (χ1n) is 6.50. The Morgan fingerprint density at radius 2 is 2.00 bits per heavy atom. The average Bonchev–Trinajstić information content (AvgIpc) is 2.80. The Hall–Kier alpha value is -0.930. The zero-order valence-corrected chi connectivity index (χ0v) is 10.8. The fraction of sp³-hybridized carbons (Fsp3) is 0.500. The largest absolute Gasteiger partial charge is 0.308 e. The number of aromatic nitrogens is 1. The first-order chi connectivity index (χ1) is 8.42. The third-order valence-electron chi connectivity index (χ3n) is 3.49. The highest BCUT2D eigenvalue weighted by molar-refractivity contribution is 7.18. The Bertz CT molecular complexity index is 453. The van der Waals surface area contributed by atoms with Gasteiger partial charge in [-0.2, -0.15) is 0 Å². The van der Waals surface area contributed by atoms with Crippen molar-refractivity contribution in [3.8, 4) is 0 Å². The number of hydrogen-bond donors (Lipinski definition) is 1. The first-order valence-corrected chi connectivity index (χ1v) is 7.31. The van der Waals surface area contributed by atoms with Gasteiger partial charge in [0.05, 0.1) is 10.2 Å². The van der Waals surface area contributed by atoms with Crippen molar-refractivity contribution in [2.75, 3.05) is 0 Å². The maximum atomic E-state index is 4.65. The zero-order chi connectivity index (χ0) is 11.5. The van der Waals surface area contributed by atoms with Crippen LogP contribution in [0.3, 0.4) is 0 Å². The van der Waals surface area contributed by atoms with Crippen LogP contribution in [0.2, 0.25) is 0 Å². The van der Waals surface area contributed by atoms with Gasteiger partial charge >= 0.3 is 0 Å². The molecule has 1 saturated carbocycles. The first kappa shape index (κ1) is 11.2. The summed E-state index contributed by atoms with van der Waals surface area (Å²) in [6, 6.07) is 9.10. The molecular formula is C14H18N2S. The van der Waals surface area contributed by atoms with Crippen molar-refractivity contribution in [2.24, 2.45) is 0 Å². The van der Waals surface area contributed by atoms with Crippen molar-refractivity contribution >= 4 is 21.6 Å². The van der Waals surface area contributed by atoms with Crippen LogP contribution >= 0.6 is 11.3 Å². The van der Waals surface area contributed by atoms with Crippen LogP contribution in [-0.2, 0) is 6.54 Å². The van der Waals surface area contributed by atoms with Gasteiger partial charge in [-0.25, -0.2) is 4.98 Å². The van der Waals surface area contributed by atoms with E-state index in [1.165, 1.54) is 41.8 Å². The molecule has 90 valence electrons. The summed E-state index contributed by atoms with van der Waals surface area (Å²) in [5.74, 6) is 0. The lowest BCUT2D eigenvalue weighted by Gasteiger charge is -2.22. The smallest absolute Gasteiger partial charge is 0.108 e. The molecule has 0 amide bonds. The molecule has 0 atom stereocenters. The molecule has 1 N–H and O–H groups in total. The molecule has 1 fully saturated rings. The number of para-hydroxylation sites is 1. The van der Waals surface area contributed by atoms with Crippen molar-refractivity contribution in [3.05, 3.63) is 29.3 Å². The zero-order valence-electron chi connectivity index (χ0n) is 9.98. The summed E-state index contributed by atoms with van der Waals surface area (Å²) in [5.41, 5.74) is 1.14. The van der Waals surface area contributed by atoms with Crippen molar-refractivity contribution in [1.29, 1.82) is 0 Å². The quantitative estimate of drug-likeness (QED) is 0.893. The van der Waals surface area contributed by atoms with E-state index in [0.29, 0.717) is 0 Å². The number of nitrogens with one attached hydrogen (secondary N) is 1. The molecule has 3 rings (SSSR count). The number of hydrogen-bond acceptors (Lipinski definition) is 3. The summed E-state index contributed by atoms with van der Waals surface area (Å²) < 4.78 is 1.30. The fourth-order valence-corrected chi connectivity index (χ4v) is 3.45. The lowest BCUT2D eigenvalue weighted by atomic mass is 9.96. The summed E-state index contributed by atoms with van der Waals surface area (Å²) in [7, 11) is 0. The number of nitrogens with zero attached hydrogens (tertiary/aromatic N) is 1. The van der Waals surface area contributed by atoms with E-state index >= 15 is 0 Å². The van der Waals surface area contributed by atoms with Crippen molar-refractivity contribution < 1.29 is 0 Å². The Balaban J connectivity index is 1.64. The van der Waals surface area contributed by atoms with Crippen LogP contribution in [0.4, 0.5) is 0 Å². The SMILES string of the molecule is c1ccc2sc(CNC3CCCCC3)nc2c1. The second-order valence-electron chi connectivity index (χ2n) is 4.79. The molecule has 3 heteroatoms. The summed E-state index contributed by atoms with van der Waals surface area (Å²) >= 11 is 1.81. The van der Waals surface area contributed by atoms with Crippen LogP contribution in [0.15, 0.2) is 24.3 Å². The maximum absolute atomic E-state index is 4.65. The highest BCUT2D eigenvalue weighted by Gasteiger charge is 2.13. The standard InChI is InChI=1S/C14H18N2S/c1-2-6-11(7-3-1)15-10-14-16-12-8-4-5-9-13(12)17-14/h4-5,8-9,11,15H,1-3,6-7,10H2. The van der Waals surface area contributed by atoms with Gasteiger partial charge in [0, 0.05) is 12.6 Å². The van der Waals surface area contributed by atoms with E-state index in [0.717, 1.165) is 18.1 Å². The molecule has 0 aliphatic heterocycles. The van der Waals surface area contributed by atoms with E-state index in [2.05, 4.69) is 34.6 Å². The third kappa shape index (κ3) is 2.67. The van der Waals surface area contributed by atoms with Gasteiger partial charge in [-0.3, -0.25) is 0 Å². The molecule has 0 spiro atoms. The molecule has 1 aromatic heterocycles. The molecule has 1 aromatic carbocycles. The van der Waals surface area contributed by atoms with E-state index in [1.807, 2.05) is 11.3 Å². The van der Waals surface area contributed by atoms with Crippen molar-refractivity contribution in [1.82, 2.24) is 10.3 Å². The molecule has 0 saturated heterocycles. The van der Waals surface area contributed by atoms with E-state index in [4.69, 9.17) is 0 Å². The Labute approximate surface area is 106 Å². The predicted molar refractivity (Wildman–Crippen MR) is 73.3 cm³/mol. The number of rotatable bonds is 3. The van der Waals surface area contributed by atoms with Crippen LogP contribution in [0.25, 0.3) is 10.2 Å². The van der Waals surface area contributed by atoms with Gasteiger partial charge in [0.2, 0.25) is 0 Å². The van der Waals surface area contributed by atoms with Gasteiger partial charge in [-0.15, -0.1) is 11.3 Å². The molecule has 1 heterocycles. The Kier molecular flexibility index (Phi) is 3.39. The molecule has 0 radical (unpaired) electrons. The maximum Gasteiger partial charge on any atom is 0.108 e. The van der Waals surface area contributed by atoms with E-state index < -0.39 is 0 Å². The van der Waals surface area contributed by atoms with Gasteiger partial charge in [-0.1, -0.05) is 31.4 Å². The normalized spacial score (nSPS) is 17.6. The van der Waals surface area contributed by atoms with Crippen LogP contribution in [0.1, 0.15) is 37.1 Å². The third-order valence-corrected chi connectivity index (χ3v) is 4.52. The molecule has 1 aliphatic carbocycles. The molecule has 2 aromatic rings. The second kappa shape index (κ2) is 5.15. The molecule has 0 bridgehead atoms. The molecule has 17 heavy (non-hydrogen) atoms. The van der Waals surface area contributed by atoms with E-state index in [9.17, 15) is 0 Å². The van der Waals surface area contributed by atoms with Gasteiger partial charge < -0.3 is 5.32 Å². The molecule has 2 nitrogen and oxygen atoms in total. The summed E-state index contributed by atoms with van der Waals surface area (Å²) in [6.07, 6.45) is 6.87. The van der Waals surface area contributed by atoms with Crippen LogP contribution < -0.4 is 5.32 Å². The minimum absolute atomic E-state index is 0.718. The van der Waals surface area contributed by atoms with E-state index in [-0.39, 0.29) is 0 Å². The van der Waals surface area contributed by atoms with Gasteiger partial charge in [-0.05, 0) is 25.0 Å². The van der Waals surface area contributed by atoms with Gasteiger partial charge in [0.1, 0.15) is 5.01 Å². The Morgan fingerprint density at radius 3 is 2.82 bits per heavy atom. The monoisotopic (exact) mass is 246 g/mol. The van der Waals surface area contributed by atoms with Crippen LogP contribution in [0, 0.1) is 0 Å². The number of benzene rings is 1. The molecule has 0 unspecified atom stereocenters. The molecule has 1 aliphatic rings. The second-order valence-corrected chi connectivity index (χ2v) is 5.91. The predicted octanol–water partition coefficient (Wildman–Crippen LogP) is 3.72. The summed E-state index contributed by atoms with van der Waals surface area (Å²) in [6.45, 7) is 0.935. The van der Waals surface area contributed by atoms with Crippen molar-refractivity contribution in [2.45, 2.75) is 44.7 Å². The van der Waals surface area contributed by atoms with Crippen LogP contribution in [-0.4, -0.2) is 11.0 Å². The van der Waals surface area contributed by atoms with Gasteiger partial charge in [0.25, 0.3) is 0 Å². The lowest BCUT2D eigenvalue weighted by molar-refractivity contribution is 0.372. The highest BCUT2D eigenvalue weighted by Crippen LogP contribution is 2.22. The fourth-order valence-electron chi connectivity index (χ4n) is 2.53. The van der Waals surface area contributed by atoms with E-state index in [1.54, 1.807) is 0 Å². The average molecular weight is 246 g/mol. The number of fused-ring (bicyclic) bond motifs is 1. The minimum atomic E-state index is 0.718. The van der Waals surface area contributed by atoms with Crippen LogP contribution in [0.5, 0.6) is 0 Å². The highest BCUT2D eigenvalue weighted by atomic mass is 32.1. The summed E-state index contributed by atoms with van der Waals surface area (Å²) in [5, 5.41) is 4.87. The topological polar surface area (TPSA) is 24.9 Å². The summed E-state index contributed by atoms with van der Waals surface area (Å²) in [4.78, 5) is 4.65. The Morgan fingerprint density at radius 1 is 1.18 bits per heavy atom. The molecular weight excluding hydrogens is 228 g/mol. The number of thiazole rings is 1. The minimum Gasteiger partial charge on any atom is -0.308 e. The van der Waals surface area contributed by atoms with Crippen molar-refractivity contribution in [3.63, 3.8) is 0 Å². The van der Waals surface area contributed by atoms with Gasteiger partial charge in [0.15, 0.2) is 0 Å². The lowest BCUT2D eigenvalue weighted by Crippen LogP contribution is -2.30.